The Morgan fingerprint density at radius 3 is 2.74 bits per heavy atom. The number of hydrogen-bond acceptors (Lipinski definition) is 10. The third kappa shape index (κ3) is 4.80. The van der Waals surface area contributed by atoms with Crippen LogP contribution in [0, 0.1) is 0 Å². The summed E-state index contributed by atoms with van der Waals surface area (Å²) in [5.74, 6) is -1.22. The van der Waals surface area contributed by atoms with Gasteiger partial charge in [-0.3, -0.25) is 9.69 Å². The predicted octanol–water partition coefficient (Wildman–Crippen LogP) is -0.154. The van der Waals surface area contributed by atoms with E-state index in [-0.39, 0.29) is 23.1 Å². The standard InChI is InChI=1S/C16H22N4O6S/c1-5-26-15(23)12-13(17-9-20(12)6-7-24-3)18-16-19(2)14(22)10(27-16)8-11(21)25-4/h8,17H,5-7,9H2,1-4H3. The second kappa shape index (κ2) is 9.42. The molecule has 2 aliphatic heterocycles. The number of likely N-dealkylation sites (N-methyl/N-ethyl adjacent to an activating group) is 1. The molecule has 1 N–H and O–H groups in total. The van der Waals surface area contributed by atoms with E-state index in [1.807, 2.05) is 0 Å². The molecule has 10 nitrogen and oxygen atoms in total. The van der Waals surface area contributed by atoms with Crippen molar-refractivity contribution in [2.75, 3.05) is 47.7 Å². The average Bonchev–Trinajstić information content (AvgIpc) is 3.16. The second-order valence-electron chi connectivity index (χ2n) is 5.40. The van der Waals surface area contributed by atoms with Gasteiger partial charge in [-0.15, -0.1) is 0 Å². The van der Waals surface area contributed by atoms with E-state index in [1.54, 1.807) is 18.9 Å². The number of carbonyl (C=O) groups excluding carboxylic acids is 3. The fourth-order valence-electron chi connectivity index (χ4n) is 2.31. The van der Waals surface area contributed by atoms with Crippen molar-refractivity contribution in [3.05, 3.63) is 22.5 Å². The summed E-state index contributed by atoms with van der Waals surface area (Å²) in [6, 6.07) is 0. The molecule has 0 radical (unpaired) electrons. The van der Waals surface area contributed by atoms with Crippen LogP contribution in [-0.2, 0) is 28.6 Å². The molecule has 0 bridgehead atoms. The van der Waals surface area contributed by atoms with Gasteiger partial charge in [0.15, 0.2) is 16.7 Å². The van der Waals surface area contributed by atoms with Crippen LogP contribution in [-0.4, -0.2) is 80.5 Å². The van der Waals surface area contributed by atoms with E-state index in [1.165, 1.54) is 19.1 Å². The zero-order valence-corrected chi connectivity index (χ0v) is 16.4. The van der Waals surface area contributed by atoms with Gasteiger partial charge in [0.25, 0.3) is 5.91 Å². The molecule has 0 aliphatic carbocycles. The van der Waals surface area contributed by atoms with Crippen LogP contribution in [0.1, 0.15) is 6.92 Å². The molecule has 0 unspecified atom stereocenters. The Bertz CT molecular complexity index is 718. The number of hydrogen-bond donors (Lipinski definition) is 1. The molecule has 0 spiro atoms. The maximum atomic E-state index is 12.4. The van der Waals surface area contributed by atoms with Crippen molar-refractivity contribution in [2.24, 2.45) is 4.99 Å². The molecule has 1 amide bonds. The van der Waals surface area contributed by atoms with Gasteiger partial charge in [-0.1, -0.05) is 0 Å². The molecule has 27 heavy (non-hydrogen) atoms. The number of amides is 1. The fraction of sp³-hybridized carbons (Fsp3) is 0.500. The maximum absolute atomic E-state index is 12.4. The van der Waals surface area contributed by atoms with Gasteiger partial charge >= 0.3 is 11.9 Å². The molecule has 0 aromatic heterocycles. The average molecular weight is 398 g/mol. The Balaban J connectivity index is 2.34. The minimum atomic E-state index is -0.628. The minimum absolute atomic E-state index is 0.190. The van der Waals surface area contributed by atoms with E-state index in [0.717, 1.165) is 17.8 Å². The Labute approximate surface area is 161 Å². The Hall–Kier alpha value is -2.53. The summed E-state index contributed by atoms with van der Waals surface area (Å²) in [5.41, 5.74) is 0.272. The molecule has 2 aliphatic rings. The summed E-state index contributed by atoms with van der Waals surface area (Å²) in [6.45, 7) is 3.20. The first kappa shape index (κ1) is 20.8. The molecule has 0 aromatic carbocycles. The summed E-state index contributed by atoms with van der Waals surface area (Å²) in [4.78, 5) is 43.7. The lowest BCUT2D eigenvalue weighted by Crippen LogP contribution is -2.30. The van der Waals surface area contributed by atoms with Crippen LogP contribution < -0.4 is 5.32 Å². The van der Waals surface area contributed by atoms with Crippen molar-refractivity contribution < 1.29 is 28.6 Å². The highest BCUT2D eigenvalue weighted by molar-refractivity contribution is 8.18. The van der Waals surface area contributed by atoms with Crippen molar-refractivity contribution >= 4 is 34.8 Å². The molecule has 1 fully saturated rings. The summed E-state index contributed by atoms with van der Waals surface area (Å²) >= 11 is 1.02. The van der Waals surface area contributed by atoms with Crippen molar-refractivity contribution in [3.63, 3.8) is 0 Å². The van der Waals surface area contributed by atoms with Gasteiger partial charge in [-0.05, 0) is 18.7 Å². The number of nitrogens with zero attached hydrogens (tertiary/aromatic N) is 3. The summed E-state index contributed by atoms with van der Waals surface area (Å²) in [5, 5.41) is 3.36. The Morgan fingerprint density at radius 1 is 1.37 bits per heavy atom. The van der Waals surface area contributed by atoms with Crippen LogP contribution in [0.3, 0.4) is 0 Å². The quantitative estimate of drug-likeness (QED) is 0.462. The molecule has 0 atom stereocenters. The van der Waals surface area contributed by atoms with Gasteiger partial charge in [0.05, 0.1) is 31.9 Å². The molecule has 2 rings (SSSR count). The van der Waals surface area contributed by atoms with Gasteiger partial charge in [-0.25, -0.2) is 14.6 Å². The lowest BCUT2D eigenvalue weighted by molar-refractivity contribution is -0.140. The van der Waals surface area contributed by atoms with E-state index < -0.39 is 11.9 Å². The van der Waals surface area contributed by atoms with E-state index >= 15 is 0 Å². The van der Waals surface area contributed by atoms with Gasteiger partial charge in [0, 0.05) is 26.8 Å². The van der Waals surface area contributed by atoms with E-state index in [0.29, 0.717) is 30.8 Å². The number of rotatable bonds is 7. The monoisotopic (exact) mass is 398 g/mol. The third-order valence-corrected chi connectivity index (χ3v) is 4.73. The van der Waals surface area contributed by atoms with Crippen molar-refractivity contribution in [2.45, 2.75) is 6.92 Å². The molecule has 11 heteroatoms. The second-order valence-corrected chi connectivity index (χ2v) is 6.41. The first-order valence-corrected chi connectivity index (χ1v) is 8.97. The van der Waals surface area contributed by atoms with E-state index in [4.69, 9.17) is 9.47 Å². The summed E-state index contributed by atoms with van der Waals surface area (Å²) < 4.78 is 14.7. The molecular weight excluding hydrogens is 376 g/mol. The molecule has 0 saturated carbocycles. The van der Waals surface area contributed by atoms with Crippen LogP contribution in [0.15, 0.2) is 27.5 Å². The molecule has 148 valence electrons. The van der Waals surface area contributed by atoms with Crippen LogP contribution >= 0.6 is 11.8 Å². The summed E-state index contributed by atoms with van der Waals surface area (Å²) in [7, 11) is 4.34. The highest BCUT2D eigenvalue weighted by Crippen LogP contribution is 2.31. The number of methoxy groups -OCH3 is 2. The highest BCUT2D eigenvalue weighted by atomic mass is 32.2. The van der Waals surface area contributed by atoms with Crippen LogP contribution in [0.2, 0.25) is 0 Å². The minimum Gasteiger partial charge on any atom is -0.466 e. The van der Waals surface area contributed by atoms with Gasteiger partial charge in [0.2, 0.25) is 0 Å². The number of esters is 2. The maximum Gasteiger partial charge on any atom is 0.358 e. The first-order valence-electron chi connectivity index (χ1n) is 8.16. The third-order valence-electron chi connectivity index (χ3n) is 3.67. The van der Waals surface area contributed by atoms with Crippen LogP contribution in [0.25, 0.3) is 0 Å². The van der Waals surface area contributed by atoms with Crippen molar-refractivity contribution in [1.82, 2.24) is 15.1 Å². The zero-order valence-electron chi connectivity index (χ0n) is 15.6. The van der Waals surface area contributed by atoms with Crippen LogP contribution in [0.4, 0.5) is 0 Å². The van der Waals surface area contributed by atoms with Crippen molar-refractivity contribution in [3.8, 4) is 0 Å². The number of thioether (sulfide) groups is 1. The highest BCUT2D eigenvalue weighted by Gasteiger charge is 2.34. The SMILES string of the molecule is CCOC(=O)C1=C(N=C2SC(=CC(=O)OC)C(=O)N2C)NCN1CCOC. The summed E-state index contributed by atoms with van der Waals surface area (Å²) in [6.07, 6.45) is 1.11. The smallest absolute Gasteiger partial charge is 0.358 e. The number of amidine groups is 1. The normalized spacial score (nSPS) is 19.9. The van der Waals surface area contributed by atoms with E-state index in [2.05, 4.69) is 15.0 Å². The molecule has 0 aromatic rings. The topological polar surface area (TPSA) is 110 Å². The first-order chi connectivity index (χ1) is 12.9. The molecule has 2 heterocycles. The van der Waals surface area contributed by atoms with Crippen LogP contribution in [0.5, 0.6) is 0 Å². The lowest BCUT2D eigenvalue weighted by Gasteiger charge is -2.18. The van der Waals surface area contributed by atoms with Gasteiger partial charge in [-0.2, -0.15) is 0 Å². The predicted molar refractivity (Wildman–Crippen MR) is 98.1 cm³/mol. The number of ether oxygens (including phenoxy) is 3. The largest absolute Gasteiger partial charge is 0.466 e. The lowest BCUT2D eigenvalue weighted by atomic mass is 10.4. The molecular formula is C16H22N4O6S. The number of aliphatic imine (C=N–C) groups is 1. The van der Waals surface area contributed by atoms with E-state index in [9.17, 15) is 14.4 Å². The van der Waals surface area contributed by atoms with Gasteiger partial charge < -0.3 is 24.4 Å². The Morgan fingerprint density at radius 2 is 2.11 bits per heavy atom. The number of nitrogens with one attached hydrogen (secondary N) is 1. The molecule has 1 saturated heterocycles. The van der Waals surface area contributed by atoms with Crippen molar-refractivity contribution in [1.29, 1.82) is 0 Å². The number of carbonyl (C=O) groups is 3. The Kier molecular flexibility index (Phi) is 7.25. The van der Waals surface area contributed by atoms with Gasteiger partial charge in [0.1, 0.15) is 0 Å². The zero-order chi connectivity index (χ0) is 20.0. The fourth-order valence-corrected chi connectivity index (χ4v) is 3.24.